The molecule has 0 radical (unpaired) electrons. The van der Waals surface area contributed by atoms with Crippen LogP contribution in [0.2, 0.25) is 0 Å². The molecule has 138 valence electrons. The van der Waals surface area contributed by atoms with E-state index in [0.29, 0.717) is 0 Å². The second-order valence-corrected chi connectivity index (χ2v) is 7.19. The van der Waals surface area contributed by atoms with Gasteiger partial charge in [0.05, 0.1) is 0 Å². The van der Waals surface area contributed by atoms with Gasteiger partial charge < -0.3 is 10.2 Å². The summed E-state index contributed by atoms with van der Waals surface area (Å²) < 4.78 is 0. The Morgan fingerprint density at radius 2 is 0.786 bits per heavy atom. The van der Waals surface area contributed by atoms with Crippen LogP contribution in [0.15, 0.2) is 84.9 Å². The zero-order valence-electron chi connectivity index (χ0n) is 16.0. The first-order chi connectivity index (χ1) is 13.5. The first-order valence-corrected chi connectivity index (χ1v) is 9.32. The Labute approximate surface area is 165 Å². The van der Waals surface area contributed by atoms with Gasteiger partial charge >= 0.3 is 0 Å². The first-order valence-electron chi connectivity index (χ1n) is 9.32. The van der Waals surface area contributed by atoms with Crippen LogP contribution in [-0.2, 0) is 0 Å². The predicted molar refractivity (Wildman–Crippen MR) is 116 cm³/mol. The Balaban J connectivity index is 1.95. The van der Waals surface area contributed by atoms with E-state index in [9.17, 15) is 10.2 Å². The average molecular weight is 366 g/mol. The summed E-state index contributed by atoms with van der Waals surface area (Å²) in [5, 5.41) is 20.2. The van der Waals surface area contributed by atoms with Crippen LogP contribution in [0.5, 0.6) is 11.5 Å². The minimum Gasteiger partial charge on any atom is -0.508 e. The highest BCUT2D eigenvalue weighted by molar-refractivity contribution is 5.92. The van der Waals surface area contributed by atoms with Gasteiger partial charge in [-0.15, -0.1) is 0 Å². The third kappa shape index (κ3) is 3.49. The van der Waals surface area contributed by atoms with E-state index >= 15 is 0 Å². The van der Waals surface area contributed by atoms with Crippen molar-refractivity contribution in [2.75, 3.05) is 0 Å². The zero-order chi connectivity index (χ0) is 19.7. The van der Waals surface area contributed by atoms with Crippen LogP contribution in [0.25, 0.3) is 33.4 Å². The lowest BCUT2D eigenvalue weighted by molar-refractivity contribution is 0.475. The number of hydrogen-bond donors (Lipinski definition) is 2. The van der Waals surface area contributed by atoms with Crippen molar-refractivity contribution < 1.29 is 10.2 Å². The Morgan fingerprint density at radius 3 is 1.14 bits per heavy atom. The Morgan fingerprint density at radius 1 is 0.429 bits per heavy atom. The molecule has 0 saturated heterocycles. The minimum atomic E-state index is 0.231. The monoisotopic (exact) mass is 366 g/mol. The number of aryl methyl sites for hydroxylation is 2. The van der Waals surface area contributed by atoms with Crippen LogP contribution in [0.4, 0.5) is 0 Å². The van der Waals surface area contributed by atoms with Crippen LogP contribution >= 0.6 is 0 Å². The molecule has 0 saturated carbocycles. The summed E-state index contributed by atoms with van der Waals surface area (Å²) in [7, 11) is 0. The molecule has 0 amide bonds. The van der Waals surface area contributed by atoms with E-state index in [0.717, 1.165) is 33.4 Å². The van der Waals surface area contributed by atoms with E-state index in [-0.39, 0.29) is 11.5 Å². The van der Waals surface area contributed by atoms with Crippen LogP contribution in [0.3, 0.4) is 0 Å². The van der Waals surface area contributed by atoms with Gasteiger partial charge in [0.25, 0.3) is 0 Å². The van der Waals surface area contributed by atoms with Crippen LogP contribution in [0, 0.1) is 13.8 Å². The van der Waals surface area contributed by atoms with Crippen molar-refractivity contribution in [1.82, 2.24) is 0 Å². The lowest BCUT2D eigenvalue weighted by Gasteiger charge is -2.16. The van der Waals surface area contributed by atoms with Crippen molar-refractivity contribution in [3.05, 3.63) is 96.1 Å². The van der Waals surface area contributed by atoms with E-state index in [1.807, 2.05) is 12.1 Å². The number of aromatic hydroxyl groups is 2. The molecule has 0 aromatic heterocycles. The quantitative estimate of drug-likeness (QED) is 0.423. The topological polar surface area (TPSA) is 40.5 Å². The second-order valence-electron chi connectivity index (χ2n) is 7.19. The molecular weight excluding hydrogens is 344 g/mol. The number of phenols is 2. The number of rotatable bonds is 3. The molecule has 0 aliphatic heterocycles. The predicted octanol–water partition coefficient (Wildman–Crippen LogP) is 6.72. The molecule has 0 unspecified atom stereocenters. The molecule has 0 aliphatic rings. The van der Waals surface area contributed by atoms with Gasteiger partial charge in [-0.3, -0.25) is 0 Å². The summed E-state index contributed by atoms with van der Waals surface area (Å²) >= 11 is 0. The van der Waals surface area contributed by atoms with Gasteiger partial charge in [-0.2, -0.15) is 0 Å². The van der Waals surface area contributed by atoms with E-state index in [2.05, 4.69) is 62.4 Å². The maximum Gasteiger partial charge on any atom is 0.116 e. The van der Waals surface area contributed by atoms with Crippen molar-refractivity contribution in [2.45, 2.75) is 13.8 Å². The fourth-order valence-electron chi connectivity index (χ4n) is 3.48. The Bertz CT molecular complexity index is 1030. The molecular formula is C26H22O2. The lowest BCUT2D eigenvalue weighted by Crippen LogP contribution is -1.90. The van der Waals surface area contributed by atoms with Gasteiger partial charge in [0.1, 0.15) is 11.5 Å². The molecule has 2 nitrogen and oxygen atoms in total. The average Bonchev–Trinajstić information content (AvgIpc) is 2.69. The maximum absolute atomic E-state index is 10.1. The normalized spacial score (nSPS) is 10.8. The maximum atomic E-state index is 10.1. The molecule has 0 spiro atoms. The Kier molecular flexibility index (Phi) is 4.62. The third-order valence-electron chi connectivity index (χ3n) is 5.02. The molecule has 0 bridgehead atoms. The van der Waals surface area contributed by atoms with E-state index in [1.54, 1.807) is 24.3 Å². The van der Waals surface area contributed by atoms with Crippen molar-refractivity contribution in [3.8, 4) is 44.9 Å². The smallest absolute Gasteiger partial charge is 0.116 e. The molecule has 0 fully saturated rings. The van der Waals surface area contributed by atoms with Gasteiger partial charge in [0.15, 0.2) is 0 Å². The number of hydrogen-bond acceptors (Lipinski definition) is 2. The largest absolute Gasteiger partial charge is 0.508 e. The fraction of sp³-hybridized carbons (Fsp3) is 0.0769. The van der Waals surface area contributed by atoms with E-state index in [1.165, 1.54) is 11.1 Å². The van der Waals surface area contributed by atoms with E-state index < -0.39 is 0 Å². The fourth-order valence-corrected chi connectivity index (χ4v) is 3.48. The van der Waals surface area contributed by atoms with Gasteiger partial charge in [-0.1, -0.05) is 71.8 Å². The second kappa shape index (κ2) is 7.24. The highest BCUT2D eigenvalue weighted by atomic mass is 16.3. The van der Waals surface area contributed by atoms with E-state index in [4.69, 9.17) is 0 Å². The minimum absolute atomic E-state index is 0.231. The zero-order valence-corrected chi connectivity index (χ0v) is 16.0. The summed E-state index contributed by atoms with van der Waals surface area (Å²) in [4.78, 5) is 0. The summed E-state index contributed by atoms with van der Waals surface area (Å²) in [6.45, 7) is 4.12. The molecule has 0 aliphatic carbocycles. The van der Waals surface area contributed by atoms with Crippen LogP contribution in [0.1, 0.15) is 11.1 Å². The summed E-state index contributed by atoms with van der Waals surface area (Å²) in [5.41, 5.74) is 8.40. The van der Waals surface area contributed by atoms with Crippen molar-refractivity contribution in [1.29, 1.82) is 0 Å². The van der Waals surface area contributed by atoms with Crippen molar-refractivity contribution in [2.24, 2.45) is 0 Å². The van der Waals surface area contributed by atoms with Crippen LogP contribution in [-0.4, -0.2) is 10.2 Å². The van der Waals surface area contributed by atoms with Crippen molar-refractivity contribution in [3.63, 3.8) is 0 Å². The molecule has 2 N–H and O–H groups in total. The summed E-state index contributed by atoms with van der Waals surface area (Å²) in [6, 6.07) is 27.4. The lowest BCUT2D eigenvalue weighted by atomic mass is 9.88. The first kappa shape index (κ1) is 17.9. The van der Waals surface area contributed by atoms with Gasteiger partial charge in [-0.25, -0.2) is 0 Å². The molecule has 4 aromatic carbocycles. The Hall–Kier alpha value is -3.52. The molecule has 0 atom stereocenters. The summed E-state index contributed by atoms with van der Waals surface area (Å²) in [5.74, 6) is 0.463. The number of phenolic OH excluding ortho intramolecular Hbond substituents is 2. The highest BCUT2D eigenvalue weighted by Crippen LogP contribution is 2.41. The van der Waals surface area contributed by atoms with Gasteiger partial charge in [0, 0.05) is 0 Å². The third-order valence-corrected chi connectivity index (χ3v) is 5.02. The molecule has 4 aromatic rings. The highest BCUT2D eigenvalue weighted by Gasteiger charge is 2.14. The molecule has 2 heteroatoms. The molecule has 4 rings (SSSR count). The molecule has 28 heavy (non-hydrogen) atoms. The number of benzene rings is 4. The van der Waals surface area contributed by atoms with Gasteiger partial charge in [-0.05, 0) is 71.5 Å². The standard InChI is InChI=1S/C26H22O2/c1-17-3-7-19(8-4-17)25-15-21(27)11-13-23(25)24-14-12-22(28)16-26(24)20-9-5-18(2)6-10-20/h3-16,27-28H,1-2H3. The SMILES string of the molecule is Cc1ccc(-c2cc(O)ccc2-c2ccc(O)cc2-c2ccc(C)cc2)cc1. The van der Waals surface area contributed by atoms with Crippen LogP contribution < -0.4 is 0 Å². The molecule has 0 heterocycles. The van der Waals surface area contributed by atoms with Gasteiger partial charge in [0.2, 0.25) is 0 Å². The van der Waals surface area contributed by atoms with Crippen molar-refractivity contribution >= 4 is 0 Å². The summed E-state index contributed by atoms with van der Waals surface area (Å²) in [6.07, 6.45) is 0.